The van der Waals surface area contributed by atoms with E-state index < -0.39 is 0 Å². The Kier molecular flexibility index (Phi) is 10.9. The maximum atomic E-state index is 5.48. The van der Waals surface area contributed by atoms with Crippen molar-refractivity contribution in [3.05, 3.63) is 67.3 Å². The maximum absolute atomic E-state index is 5.48. The smallest absolute Gasteiger partial charge is 0.664 e. The number of hydrogen-bond donors (Lipinski definition) is 2. The van der Waals surface area contributed by atoms with E-state index >= 15 is 0 Å². The van der Waals surface area contributed by atoms with Gasteiger partial charge in [0, 0.05) is 24.2 Å². The first-order valence-electron chi connectivity index (χ1n) is 16.7. The zero-order valence-electron chi connectivity index (χ0n) is 27.0. The van der Waals surface area contributed by atoms with Crippen molar-refractivity contribution in [1.29, 1.82) is 0 Å². The molecule has 2 N–H and O–H groups in total. The SMILES string of the molecule is CCC1=C(CC)C2Cc3[n-]c(c(CC)c3CC)CC3NC(Cc4[n-]c(c(CC)c4CC)CC1N2)C(CC)=C3CC.[Ni+2]. The molecule has 4 nitrogen and oxygen atoms in total. The van der Waals surface area contributed by atoms with Gasteiger partial charge >= 0.3 is 16.5 Å². The molecule has 5 heteroatoms. The van der Waals surface area contributed by atoms with Gasteiger partial charge in [-0.2, -0.15) is 22.8 Å². The molecule has 228 valence electrons. The number of nitrogens with zero attached hydrogens (tertiary/aromatic N) is 2. The van der Waals surface area contributed by atoms with Gasteiger partial charge in [-0.1, -0.05) is 99.9 Å². The molecule has 0 spiro atoms. The van der Waals surface area contributed by atoms with Crippen molar-refractivity contribution in [3.63, 3.8) is 0 Å². The van der Waals surface area contributed by atoms with E-state index in [-0.39, 0.29) is 16.5 Å². The van der Waals surface area contributed by atoms with Crippen molar-refractivity contribution in [3.8, 4) is 0 Å². The standard InChI is InChI=1S/C36H54N4.Ni/c1-9-21-22(10-2)30-18-32-25(13-5)26(14-6)34(39-32)20-36-28(16-8)27(15-7)35(40-36)19-33-24(12-4)23(11-3)31(38-33)17-29(21)37-30;/h29-30,35-37,40H,9-20H2,1-8H3;/q-2;+2. The second kappa shape index (κ2) is 13.8. The number of nitrogens with one attached hydrogen (secondary N) is 2. The van der Waals surface area contributed by atoms with Gasteiger partial charge in [0.25, 0.3) is 0 Å². The molecule has 3 aliphatic heterocycles. The van der Waals surface area contributed by atoms with Crippen LogP contribution in [0.1, 0.15) is 126 Å². The van der Waals surface area contributed by atoms with Gasteiger partial charge in [0.05, 0.1) is 0 Å². The molecule has 0 radical (unpaired) electrons. The van der Waals surface area contributed by atoms with Gasteiger partial charge in [0.1, 0.15) is 0 Å². The Morgan fingerprint density at radius 2 is 0.634 bits per heavy atom. The van der Waals surface area contributed by atoms with Crippen LogP contribution in [-0.2, 0) is 67.9 Å². The Bertz CT molecular complexity index is 1090. The van der Waals surface area contributed by atoms with E-state index in [0.29, 0.717) is 24.2 Å². The fraction of sp³-hybridized carbons (Fsp3) is 0.667. The van der Waals surface area contributed by atoms with Crippen molar-refractivity contribution in [2.75, 3.05) is 0 Å². The van der Waals surface area contributed by atoms with Crippen LogP contribution in [0.3, 0.4) is 0 Å². The van der Waals surface area contributed by atoms with Crippen LogP contribution in [0.2, 0.25) is 0 Å². The molecule has 8 bridgehead atoms. The fourth-order valence-corrected chi connectivity index (χ4v) is 8.82. The molecule has 5 rings (SSSR count). The van der Waals surface area contributed by atoms with Crippen LogP contribution < -0.4 is 20.6 Å². The largest absolute Gasteiger partial charge is 2.00 e. The predicted molar refractivity (Wildman–Crippen MR) is 168 cm³/mol. The molecule has 0 saturated heterocycles. The topological polar surface area (TPSA) is 52.3 Å². The number of rotatable bonds is 8. The van der Waals surface area contributed by atoms with Gasteiger partial charge < -0.3 is 20.6 Å². The summed E-state index contributed by atoms with van der Waals surface area (Å²) >= 11 is 0. The molecule has 0 amide bonds. The summed E-state index contributed by atoms with van der Waals surface area (Å²) in [5, 5.41) is 8.28. The first-order valence-corrected chi connectivity index (χ1v) is 16.7. The maximum Gasteiger partial charge on any atom is 2.00 e. The van der Waals surface area contributed by atoms with E-state index in [0.717, 1.165) is 77.0 Å². The molecule has 0 aliphatic carbocycles. The molecule has 5 heterocycles. The Morgan fingerprint density at radius 1 is 0.415 bits per heavy atom. The monoisotopic (exact) mass is 600 g/mol. The Hall–Kier alpha value is -1.55. The third-order valence-corrected chi connectivity index (χ3v) is 10.5. The minimum atomic E-state index is 0. The summed E-state index contributed by atoms with van der Waals surface area (Å²) in [4.78, 5) is 11.0. The van der Waals surface area contributed by atoms with E-state index in [9.17, 15) is 0 Å². The summed E-state index contributed by atoms with van der Waals surface area (Å²) in [6, 6.07) is 1.53. The summed E-state index contributed by atoms with van der Waals surface area (Å²) < 4.78 is 0. The summed E-state index contributed by atoms with van der Waals surface area (Å²) in [5.41, 5.74) is 18.0. The molecule has 4 atom stereocenters. The van der Waals surface area contributed by atoms with Crippen molar-refractivity contribution < 1.29 is 16.5 Å². The van der Waals surface area contributed by atoms with Gasteiger partial charge in [0.2, 0.25) is 0 Å². The zero-order chi connectivity index (χ0) is 28.6. The zero-order valence-corrected chi connectivity index (χ0v) is 28.0. The predicted octanol–water partition coefficient (Wildman–Crippen LogP) is 6.65. The molecule has 0 fully saturated rings. The van der Waals surface area contributed by atoms with Gasteiger partial charge in [-0.25, -0.2) is 0 Å². The molecular formula is C36H54N4Ni. The summed E-state index contributed by atoms with van der Waals surface area (Å²) in [6.45, 7) is 18.7. The molecule has 4 unspecified atom stereocenters. The van der Waals surface area contributed by atoms with Crippen molar-refractivity contribution in [2.24, 2.45) is 0 Å². The second-order valence-corrected chi connectivity index (χ2v) is 12.2. The van der Waals surface area contributed by atoms with Gasteiger partial charge in [-0.3, -0.25) is 0 Å². The average Bonchev–Trinajstić information content (AvgIpc) is 3.67. The van der Waals surface area contributed by atoms with Gasteiger partial charge in [0.15, 0.2) is 0 Å². The third-order valence-electron chi connectivity index (χ3n) is 10.5. The van der Waals surface area contributed by atoms with Crippen LogP contribution in [0.5, 0.6) is 0 Å². The Balaban J connectivity index is 0.00000387. The number of aromatic nitrogens is 2. The van der Waals surface area contributed by atoms with E-state index in [2.05, 4.69) is 66.0 Å². The Labute approximate surface area is 260 Å². The summed E-state index contributed by atoms with van der Waals surface area (Å²) in [6.07, 6.45) is 12.8. The van der Waals surface area contributed by atoms with Crippen LogP contribution in [-0.4, -0.2) is 24.2 Å². The van der Waals surface area contributed by atoms with Gasteiger partial charge in [-0.15, -0.1) is 0 Å². The molecule has 2 aromatic rings. The van der Waals surface area contributed by atoms with E-state index in [1.54, 1.807) is 22.3 Å². The first-order chi connectivity index (χ1) is 19.5. The molecule has 41 heavy (non-hydrogen) atoms. The van der Waals surface area contributed by atoms with Crippen LogP contribution in [0.15, 0.2) is 22.3 Å². The van der Waals surface area contributed by atoms with Gasteiger partial charge in [-0.05, 0) is 77.0 Å². The normalized spacial score (nSPS) is 24.4. The molecule has 0 saturated carbocycles. The fourth-order valence-electron chi connectivity index (χ4n) is 8.82. The molecule has 3 aliphatic rings. The van der Waals surface area contributed by atoms with Crippen LogP contribution in [0.4, 0.5) is 0 Å². The molecular weight excluding hydrogens is 547 g/mol. The minimum absolute atomic E-state index is 0. The molecule has 2 aromatic heterocycles. The Morgan fingerprint density at radius 3 is 0.805 bits per heavy atom. The van der Waals surface area contributed by atoms with Crippen LogP contribution in [0, 0.1) is 0 Å². The van der Waals surface area contributed by atoms with Crippen molar-refractivity contribution in [1.82, 2.24) is 20.6 Å². The van der Waals surface area contributed by atoms with Crippen LogP contribution in [0.25, 0.3) is 0 Å². The first kappa shape index (κ1) is 32.4. The molecule has 0 aromatic carbocycles. The van der Waals surface area contributed by atoms with Crippen LogP contribution >= 0.6 is 0 Å². The summed E-state index contributed by atoms with van der Waals surface area (Å²) in [7, 11) is 0. The van der Waals surface area contributed by atoms with E-state index in [1.807, 2.05) is 0 Å². The quantitative estimate of drug-likeness (QED) is 0.263. The summed E-state index contributed by atoms with van der Waals surface area (Å²) in [5.74, 6) is 0. The third kappa shape index (κ3) is 5.73. The second-order valence-electron chi connectivity index (χ2n) is 12.2. The number of hydrogen-bond acceptors (Lipinski definition) is 2. The average molecular weight is 602 g/mol. The van der Waals surface area contributed by atoms with E-state index in [4.69, 9.17) is 9.97 Å². The minimum Gasteiger partial charge on any atom is -0.664 e. The van der Waals surface area contributed by atoms with Crippen molar-refractivity contribution >= 4 is 0 Å². The van der Waals surface area contributed by atoms with E-state index in [1.165, 1.54) is 45.0 Å². The number of fused-ring (bicyclic) bond motifs is 8. The van der Waals surface area contributed by atoms with Crippen molar-refractivity contribution in [2.45, 2.75) is 157 Å².